The van der Waals surface area contributed by atoms with Crippen molar-refractivity contribution in [2.24, 2.45) is 10.7 Å². The van der Waals surface area contributed by atoms with Crippen molar-refractivity contribution < 1.29 is 9.47 Å². The first-order chi connectivity index (χ1) is 11.3. The van der Waals surface area contributed by atoms with Gasteiger partial charge >= 0.3 is 0 Å². The summed E-state index contributed by atoms with van der Waals surface area (Å²) in [6.45, 7) is 6.37. The predicted octanol–water partition coefficient (Wildman–Crippen LogP) is 0.740. The number of hydrogen-bond acceptors (Lipinski definition) is 5. The van der Waals surface area contributed by atoms with Gasteiger partial charge in [0.05, 0.1) is 19.8 Å². The SMILES string of the molecule is NC(=NCCCN1CCOCC1)NCCOc1ncccc1Cl. The fraction of sp³-hybridized carbons (Fsp3) is 0.600. The number of nitrogens with two attached hydrogens (primary N) is 1. The minimum absolute atomic E-state index is 0.417. The van der Waals surface area contributed by atoms with Gasteiger partial charge in [-0.2, -0.15) is 0 Å². The third-order valence-electron chi connectivity index (χ3n) is 3.39. The highest BCUT2D eigenvalue weighted by atomic mass is 35.5. The Morgan fingerprint density at radius 2 is 2.30 bits per heavy atom. The van der Waals surface area contributed by atoms with Gasteiger partial charge in [0.15, 0.2) is 5.96 Å². The van der Waals surface area contributed by atoms with Crippen LogP contribution in [0.5, 0.6) is 5.88 Å². The van der Waals surface area contributed by atoms with Gasteiger partial charge in [0.25, 0.3) is 0 Å². The molecule has 1 aromatic heterocycles. The van der Waals surface area contributed by atoms with Gasteiger partial charge in [0.2, 0.25) is 5.88 Å². The Morgan fingerprint density at radius 1 is 1.48 bits per heavy atom. The van der Waals surface area contributed by atoms with Crippen LogP contribution in [0.4, 0.5) is 0 Å². The first-order valence-electron chi connectivity index (χ1n) is 7.83. The number of hydrogen-bond donors (Lipinski definition) is 2. The van der Waals surface area contributed by atoms with Crippen molar-refractivity contribution in [2.75, 3.05) is 52.5 Å². The van der Waals surface area contributed by atoms with E-state index >= 15 is 0 Å². The van der Waals surface area contributed by atoms with Crippen LogP contribution in [0.1, 0.15) is 6.42 Å². The highest BCUT2D eigenvalue weighted by molar-refractivity contribution is 6.31. The van der Waals surface area contributed by atoms with E-state index in [4.69, 9.17) is 26.8 Å². The molecule has 23 heavy (non-hydrogen) atoms. The smallest absolute Gasteiger partial charge is 0.232 e. The second-order valence-electron chi connectivity index (χ2n) is 5.14. The Kier molecular flexibility index (Phi) is 7.92. The number of guanidine groups is 1. The average Bonchev–Trinajstić information content (AvgIpc) is 2.58. The molecule has 8 heteroatoms. The topological polar surface area (TPSA) is 85.0 Å². The maximum atomic E-state index is 5.95. The molecule has 0 saturated carbocycles. The molecule has 1 aliphatic heterocycles. The molecule has 2 heterocycles. The minimum Gasteiger partial charge on any atom is -0.475 e. The van der Waals surface area contributed by atoms with Crippen molar-refractivity contribution in [2.45, 2.75) is 6.42 Å². The summed E-state index contributed by atoms with van der Waals surface area (Å²) < 4.78 is 10.8. The van der Waals surface area contributed by atoms with Crippen molar-refractivity contribution in [3.8, 4) is 5.88 Å². The zero-order valence-electron chi connectivity index (χ0n) is 13.2. The molecule has 3 N–H and O–H groups in total. The van der Waals surface area contributed by atoms with E-state index in [-0.39, 0.29) is 0 Å². The lowest BCUT2D eigenvalue weighted by Crippen LogP contribution is -2.37. The number of pyridine rings is 1. The molecule has 1 aromatic rings. The second kappa shape index (κ2) is 10.3. The molecule has 1 aliphatic rings. The largest absolute Gasteiger partial charge is 0.475 e. The summed E-state index contributed by atoms with van der Waals surface area (Å²) in [5, 5.41) is 3.51. The highest BCUT2D eigenvalue weighted by Gasteiger charge is 2.08. The van der Waals surface area contributed by atoms with E-state index in [0.29, 0.717) is 36.6 Å². The number of aliphatic imine (C=N–C) groups is 1. The van der Waals surface area contributed by atoms with Crippen LogP contribution < -0.4 is 15.8 Å². The molecule has 0 radical (unpaired) electrons. The summed E-state index contributed by atoms with van der Waals surface area (Å²) >= 11 is 5.95. The van der Waals surface area contributed by atoms with Crippen LogP contribution >= 0.6 is 11.6 Å². The summed E-state index contributed by atoms with van der Waals surface area (Å²) in [7, 11) is 0. The van der Waals surface area contributed by atoms with Crippen LogP contribution in [0.2, 0.25) is 5.02 Å². The van der Waals surface area contributed by atoms with Crippen molar-refractivity contribution in [1.29, 1.82) is 0 Å². The quantitative estimate of drug-likeness (QED) is 0.412. The van der Waals surface area contributed by atoms with Gasteiger partial charge in [-0.3, -0.25) is 9.89 Å². The number of ether oxygens (including phenoxy) is 2. The summed E-state index contributed by atoms with van der Waals surface area (Å²) in [5.41, 5.74) is 5.81. The zero-order valence-corrected chi connectivity index (χ0v) is 14.0. The third kappa shape index (κ3) is 7.02. The first kappa shape index (κ1) is 17.8. The average molecular weight is 342 g/mol. The summed E-state index contributed by atoms with van der Waals surface area (Å²) in [6.07, 6.45) is 2.63. The maximum Gasteiger partial charge on any atom is 0.232 e. The van der Waals surface area contributed by atoms with Crippen molar-refractivity contribution >= 4 is 17.6 Å². The van der Waals surface area contributed by atoms with Gasteiger partial charge in [-0.1, -0.05) is 11.6 Å². The van der Waals surface area contributed by atoms with Crippen LogP contribution in [0, 0.1) is 0 Å². The number of rotatable bonds is 8. The molecular weight excluding hydrogens is 318 g/mol. The molecular formula is C15H24ClN5O2. The monoisotopic (exact) mass is 341 g/mol. The molecule has 0 unspecified atom stereocenters. The predicted molar refractivity (Wildman–Crippen MR) is 91.1 cm³/mol. The van der Waals surface area contributed by atoms with Crippen LogP contribution in [0.15, 0.2) is 23.3 Å². The van der Waals surface area contributed by atoms with Crippen molar-refractivity contribution in [1.82, 2.24) is 15.2 Å². The number of morpholine rings is 1. The van der Waals surface area contributed by atoms with Crippen LogP contribution in [0.3, 0.4) is 0 Å². The summed E-state index contributed by atoms with van der Waals surface area (Å²) in [6, 6.07) is 3.50. The van der Waals surface area contributed by atoms with Gasteiger partial charge in [0, 0.05) is 32.4 Å². The fourth-order valence-corrected chi connectivity index (χ4v) is 2.35. The van der Waals surface area contributed by atoms with Crippen LogP contribution in [-0.2, 0) is 4.74 Å². The molecule has 0 bridgehead atoms. The van der Waals surface area contributed by atoms with E-state index < -0.39 is 0 Å². The molecule has 1 fully saturated rings. The maximum absolute atomic E-state index is 5.95. The van der Waals surface area contributed by atoms with Crippen molar-refractivity contribution in [3.63, 3.8) is 0 Å². The van der Waals surface area contributed by atoms with E-state index in [1.165, 1.54) is 0 Å². The molecule has 0 aromatic carbocycles. The molecule has 128 valence electrons. The Balaban J connectivity index is 1.53. The van der Waals surface area contributed by atoms with E-state index in [1.807, 2.05) is 0 Å². The van der Waals surface area contributed by atoms with Crippen molar-refractivity contribution in [3.05, 3.63) is 23.4 Å². The summed E-state index contributed by atoms with van der Waals surface area (Å²) in [5.74, 6) is 0.861. The first-order valence-corrected chi connectivity index (χ1v) is 8.20. The van der Waals surface area contributed by atoms with Gasteiger partial charge in [0.1, 0.15) is 11.6 Å². The van der Waals surface area contributed by atoms with E-state index in [2.05, 4.69) is 20.2 Å². The molecule has 0 amide bonds. The lowest BCUT2D eigenvalue weighted by molar-refractivity contribution is 0.0377. The lowest BCUT2D eigenvalue weighted by atomic mass is 10.3. The van der Waals surface area contributed by atoms with Gasteiger partial charge in [-0.05, 0) is 18.6 Å². The molecule has 0 atom stereocenters. The Morgan fingerprint density at radius 3 is 3.09 bits per heavy atom. The molecule has 2 rings (SSSR count). The van der Waals surface area contributed by atoms with Gasteiger partial charge in [-0.25, -0.2) is 4.98 Å². The van der Waals surface area contributed by atoms with Gasteiger partial charge in [-0.15, -0.1) is 0 Å². The number of aromatic nitrogens is 1. The summed E-state index contributed by atoms with van der Waals surface area (Å²) in [4.78, 5) is 10.7. The molecule has 0 spiro atoms. The van der Waals surface area contributed by atoms with E-state index in [0.717, 1.165) is 39.3 Å². The van der Waals surface area contributed by atoms with E-state index in [1.54, 1.807) is 18.3 Å². The molecule has 0 aliphatic carbocycles. The second-order valence-corrected chi connectivity index (χ2v) is 5.55. The van der Waals surface area contributed by atoms with Crippen LogP contribution in [-0.4, -0.2) is 68.4 Å². The normalized spacial score (nSPS) is 16.3. The Labute approximate surface area is 141 Å². The highest BCUT2D eigenvalue weighted by Crippen LogP contribution is 2.19. The number of nitrogens with one attached hydrogen (secondary N) is 1. The number of nitrogens with zero attached hydrogens (tertiary/aromatic N) is 3. The van der Waals surface area contributed by atoms with E-state index in [9.17, 15) is 0 Å². The molecule has 7 nitrogen and oxygen atoms in total. The Bertz CT molecular complexity index is 495. The zero-order chi connectivity index (χ0) is 16.3. The number of halogens is 1. The fourth-order valence-electron chi connectivity index (χ4n) is 2.18. The lowest BCUT2D eigenvalue weighted by Gasteiger charge is -2.26. The molecule has 1 saturated heterocycles. The third-order valence-corrected chi connectivity index (χ3v) is 3.68. The van der Waals surface area contributed by atoms with Crippen LogP contribution in [0.25, 0.3) is 0 Å². The Hall–Kier alpha value is -1.57. The minimum atomic E-state index is 0.417. The standard InChI is InChI=1S/C15H24ClN5O2/c16-13-3-1-4-18-14(13)23-10-6-20-15(17)19-5-2-7-21-8-11-22-12-9-21/h1,3-4H,2,5-12H2,(H3,17,19,20). The van der Waals surface area contributed by atoms with Gasteiger partial charge < -0.3 is 20.5 Å².